The summed E-state index contributed by atoms with van der Waals surface area (Å²) in [6, 6.07) is 12.4. The molecule has 0 spiro atoms. The third-order valence-corrected chi connectivity index (χ3v) is 4.24. The molecule has 28 heavy (non-hydrogen) atoms. The van der Waals surface area contributed by atoms with Crippen LogP contribution in [0.5, 0.6) is 5.88 Å². The van der Waals surface area contributed by atoms with Gasteiger partial charge in [-0.3, -0.25) is 9.59 Å². The highest BCUT2D eigenvalue weighted by atomic mass is 79.9. The lowest BCUT2D eigenvalue weighted by Gasteiger charge is -2.07. The second kappa shape index (κ2) is 9.14. The van der Waals surface area contributed by atoms with E-state index in [0.29, 0.717) is 29.7 Å². The monoisotopic (exact) mass is 444 g/mol. The number of carbonyl (C=O) groups is 2. The quantitative estimate of drug-likeness (QED) is 0.482. The van der Waals surface area contributed by atoms with Crippen LogP contribution in [0.4, 0.5) is 0 Å². The molecule has 0 aliphatic carbocycles. The van der Waals surface area contributed by atoms with E-state index in [4.69, 9.17) is 4.52 Å². The summed E-state index contributed by atoms with van der Waals surface area (Å²) in [5, 5.41) is 18.8. The molecule has 0 atom stereocenters. The first kappa shape index (κ1) is 19.6. The zero-order chi connectivity index (χ0) is 19.9. The molecule has 2 heterocycles. The van der Waals surface area contributed by atoms with Crippen LogP contribution in [0.2, 0.25) is 0 Å². The Morgan fingerprint density at radius 1 is 1.07 bits per heavy atom. The van der Waals surface area contributed by atoms with Crippen LogP contribution in [-0.4, -0.2) is 40.2 Å². The smallest absolute Gasteiger partial charge is 0.273 e. The molecule has 0 bridgehead atoms. The van der Waals surface area contributed by atoms with E-state index in [1.54, 1.807) is 6.07 Å². The highest BCUT2D eigenvalue weighted by Crippen LogP contribution is 2.20. The standard InChI is InChI=1S/C19H17BrN4O4/c20-13-9-14(18(26)23-11-13)17(25)21-7-4-8-22-19(27)15-10-16(28-24-15)12-5-2-1-3-6-12/h1-3,5-6,9-11H,4,7-8H2,(H,21,25)(H,22,27)(H,23,26). The van der Waals surface area contributed by atoms with Gasteiger partial charge in [0.15, 0.2) is 11.5 Å². The van der Waals surface area contributed by atoms with Crippen molar-refractivity contribution in [2.75, 3.05) is 13.1 Å². The van der Waals surface area contributed by atoms with E-state index in [0.717, 1.165) is 5.56 Å². The Kier molecular flexibility index (Phi) is 6.38. The van der Waals surface area contributed by atoms with Crippen LogP contribution in [0, 0.1) is 0 Å². The number of aromatic hydroxyl groups is 1. The normalized spacial score (nSPS) is 10.5. The molecule has 0 saturated carbocycles. The van der Waals surface area contributed by atoms with Crippen molar-refractivity contribution in [3.05, 3.63) is 64.4 Å². The molecule has 0 saturated heterocycles. The van der Waals surface area contributed by atoms with Crippen molar-refractivity contribution < 1.29 is 19.2 Å². The summed E-state index contributed by atoms with van der Waals surface area (Å²) in [4.78, 5) is 27.9. The van der Waals surface area contributed by atoms with E-state index in [2.05, 4.69) is 36.7 Å². The van der Waals surface area contributed by atoms with Crippen LogP contribution < -0.4 is 10.6 Å². The molecule has 8 nitrogen and oxygen atoms in total. The maximum absolute atomic E-state index is 12.1. The van der Waals surface area contributed by atoms with E-state index in [1.807, 2.05) is 30.3 Å². The van der Waals surface area contributed by atoms with Gasteiger partial charge in [-0.2, -0.15) is 0 Å². The maximum Gasteiger partial charge on any atom is 0.273 e. The van der Waals surface area contributed by atoms with Gasteiger partial charge in [0.1, 0.15) is 5.56 Å². The van der Waals surface area contributed by atoms with Crippen molar-refractivity contribution >= 4 is 27.7 Å². The largest absolute Gasteiger partial charge is 0.493 e. The number of carbonyl (C=O) groups excluding carboxylic acids is 2. The molecule has 0 aliphatic rings. The number of pyridine rings is 1. The molecule has 0 unspecified atom stereocenters. The van der Waals surface area contributed by atoms with Gasteiger partial charge in [0.2, 0.25) is 5.88 Å². The number of hydrogen-bond acceptors (Lipinski definition) is 6. The highest BCUT2D eigenvalue weighted by molar-refractivity contribution is 9.10. The molecule has 0 aliphatic heterocycles. The molecule has 0 fully saturated rings. The topological polar surface area (TPSA) is 117 Å². The summed E-state index contributed by atoms with van der Waals surface area (Å²) < 4.78 is 5.79. The van der Waals surface area contributed by atoms with Gasteiger partial charge >= 0.3 is 0 Å². The average Bonchev–Trinajstić information content (AvgIpc) is 3.20. The van der Waals surface area contributed by atoms with Crippen molar-refractivity contribution in [2.24, 2.45) is 0 Å². The molecule has 2 amide bonds. The maximum atomic E-state index is 12.1. The van der Waals surface area contributed by atoms with E-state index < -0.39 is 5.91 Å². The number of rotatable bonds is 7. The van der Waals surface area contributed by atoms with Crippen molar-refractivity contribution in [1.29, 1.82) is 0 Å². The zero-order valence-corrected chi connectivity index (χ0v) is 16.3. The number of hydrogen-bond donors (Lipinski definition) is 3. The summed E-state index contributed by atoms with van der Waals surface area (Å²) >= 11 is 3.20. The molecule has 0 radical (unpaired) electrons. The summed E-state index contributed by atoms with van der Waals surface area (Å²) in [5.74, 6) is -0.623. The molecule has 1 aromatic carbocycles. The van der Waals surface area contributed by atoms with Crippen LogP contribution >= 0.6 is 15.9 Å². The fourth-order valence-electron chi connectivity index (χ4n) is 2.40. The summed E-state index contributed by atoms with van der Waals surface area (Å²) in [6.07, 6.45) is 1.90. The van der Waals surface area contributed by atoms with Crippen molar-refractivity contribution in [3.8, 4) is 17.2 Å². The third kappa shape index (κ3) is 4.95. The average molecular weight is 445 g/mol. The number of amides is 2. The van der Waals surface area contributed by atoms with Gasteiger partial charge in [0.05, 0.1) is 0 Å². The van der Waals surface area contributed by atoms with Gasteiger partial charge in [0, 0.05) is 35.4 Å². The number of nitrogens with one attached hydrogen (secondary N) is 2. The minimum atomic E-state index is -0.443. The van der Waals surface area contributed by atoms with Crippen LogP contribution in [0.25, 0.3) is 11.3 Å². The minimum Gasteiger partial charge on any atom is -0.493 e. The van der Waals surface area contributed by atoms with E-state index in [1.165, 1.54) is 12.3 Å². The first-order valence-electron chi connectivity index (χ1n) is 8.47. The Morgan fingerprint density at radius 3 is 2.54 bits per heavy atom. The number of halogens is 1. The molecule has 144 valence electrons. The lowest BCUT2D eigenvalue weighted by atomic mass is 10.1. The summed E-state index contributed by atoms with van der Waals surface area (Å²) in [5.41, 5.74) is 1.10. The molecular weight excluding hydrogens is 428 g/mol. The number of benzene rings is 1. The fraction of sp³-hybridized carbons (Fsp3) is 0.158. The lowest BCUT2D eigenvalue weighted by molar-refractivity contribution is 0.0944. The van der Waals surface area contributed by atoms with Crippen molar-refractivity contribution in [3.63, 3.8) is 0 Å². The van der Waals surface area contributed by atoms with Gasteiger partial charge in [-0.15, -0.1) is 0 Å². The third-order valence-electron chi connectivity index (χ3n) is 3.80. The van der Waals surface area contributed by atoms with Gasteiger partial charge in [-0.25, -0.2) is 4.98 Å². The van der Waals surface area contributed by atoms with Gasteiger partial charge < -0.3 is 20.3 Å². The second-order valence-corrected chi connectivity index (χ2v) is 6.75. The van der Waals surface area contributed by atoms with Crippen LogP contribution in [0.15, 0.2) is 57.7 Å². The number of nitrogens with zero attached hydrogens (tertiary/aromatic N) is 2. The predicted octanol–water partition coefficient (Wildman–Crippen LogP) is 2.75. The molecular formula is C19H17BrN4O4. The van der Waals surface area contributed by atoms with E-state index in [9.17, 15) is 14.7 Å². The second-order valence-electron chi connectivity index (χ2n) is 5.83. The Balaban J connectivity index is 1.43. The molecule has 3 aromatic rings. The zero-order valence-electron chi connectivity index (χ0n) is 14.7. The van der Waals surface area contributed by atoms with Gasteiger partial charge in [0.25, 0.3) is 11.8 Å². The first-order chi connectivity index (χ1) is 13.5. The minimum absolute atomic E-state index is 0.0782. The fourth-order valence-corrected chi connectivity index (χ4v) is 2.73. The number of aromatic nitrogens is 2. The summed E-state index contributed by atoms with van der Waals surface area (Å²) in [7, 11) is 0. The molecule has 3 rings (SSSR count). The summed E-state index contributed by atoms with van der Waals surface area (Å²) in [6.45, 7) is 0.661. The van der Waals surface area contributed by atoms with Crippen LogP contribution in [0.3, 0.4) is 0 Å². The molecule has 2 aromatic heterocycles. The van der Waals surface area contributed by atoms with E-state index in [-0.39, 0.29) is 23.0 Å². The Morgan fingerprint density at radius 2 is 1.79 bits per heavy atom. The van der Waals surface area contributed by atoms with E-state index >= 15 is 0 Å². The highest BCUT2D eigenvalue weighted by Gasteiger charge is 2.14. The molecule has 3 N–H and O–H groups in total. The lowest BCUT2D eigenvalue weighted by Crippen LogP contribution is -2.30. The Hall–Kier alpha value is -3.20. The predicted molar refractivity (Wildman–Crippen MR) is 105 cm³/mol. The van der Waals surface area contributed by atoms with Crippen molar-refractivity contribution in [2.45, 2.75) is 6.42 Å². The SMILES string of the molecule is O=C(NCCCNC(=O)c1cc(Br)cnc1O)c1cc(-c2ccccc2)on1. The van der Waals surface area contributed by atoms with Crippen molar-refractivity contribution in [1.82, 2.24) is 20.8 Å². The van der Waals surface area contributed by atoms with Gasteiger partial charge in [-0.05, 0) is 28.4 Å². The molecule has 9 heteroatoms. The first-order valence-corrected chi connectivity index (χ1v) is 9.27. The van der Waals surface area contributed by atoms with Crippen LogP contribution in [0.1, 0.15) is 27.3 Å². The van der Waals surface area contributed by atoms with Crippen LogP contribution in [-0.2, 0) is 0 Å². The van der Waals surface area contributed by atoms with Gasteiger partial charge in [-0.1, -0.05) is 35.5 Å². The Bertz CT molecular complexity index is 975. The Labute approximate surface area is 169 Å².